The Hall–Kier alpha value is -3.82. The maximum Gasteiger partial charge on any atom is 0.433 e. The molecule has 1 aliphatic heterocycles. The predicted octanol–water partition coefficient (Wildman–Crippen LogP) is 6.02. The van der Waals surface area contributed by atoms with Crippen LogP contribution in [0.25, 0.3) is 11.1 Å². The minimum atomic E-state index is -4.78. The number of nitriles is 1. The molecule has 1 aliphatic rings. The van der Waals surface area contributed by atoms with E-state index in [1.807, 2.05) is 13.8 Å². The van der Waals surface area contributed by atoms with Crippen LogP contribution in [0.2, 0.25) is 5.02 Å². The van der Waals surface area contributed by atoms with Crippen molar-refractivity contribution in [2.75, 3.05) is 17.5 Å². The summed E-state index contributed by atoms with van der Waals surface area (Å²) in [6, 6.07) is 11.1. The number of sulfonamides is 1. The minimum Gasteiger partial charge on any atom is -0.491 e. The molecule has 2 aromatic carbocycles. The predicted molar refractivity (Wildman–Crippen MR) is 141 cm³/mol. The molecule has 0 unspecified atom stereocenters. The van der Waals surface area contributed by atoms with Crippen LogP contribution < -0.4 is 9.04 Å². The van der Waals surface area contributed by atoms with Crippen LogP contribution in [0.3, 0.4) is 0 Å². The first-order valence-electron chi connectivity index (χ1n) is 11.9. The van der Waals surface area contributed by atoms with Crippen LogP contribution in [0.4, 0.5) is 18.9 Å². The van der Waals surface area contributed by atoms with E-state index in [0.717, 1.165) is 6.20 Å². The molecule has 13 heteroatoms. The van der Waals surface area contributed by atoms with E-state index < -0.39 is 33.3 Å². The molecule has 0 fully saturated rings. The highest BCUT2D eigenvalue weighted by molar-refractivity contribution is 7.92. The van der Waals surface area contributed by atoms with Crippen molar-refractivity contribution in [3.63, 3.8) is 0 Å². The van der Waals surface area contributed by atoms with Gasteiger partial charge in [-0.05, 0) is 47.7 Å². The molecule has 2 heterocycles. The van der Waals surface area contributed by atoms with Gasteiger partial charge in [0.05, 0.1) is 35.2 Å². The number of hydrogen-bond acceptors (Lipinski definition) is 6. The molecular formula is C27H23ClF3N3O5S. The third-order valence-corrected chi connectivity index (χ3v) is 8.75. The van der Waals surface area contributed by atoms with E-state index in [0.29, 0.717) is 18.1 Å². The summed E-state index contributed by atoms with van der Waals surface area (Å²) in [6.07, 6.45) is -3.77. The first-order chi connectivity index (χ1) is 18.7. The summed E-state index contributed by atoms with van der Waals surface area (Å²) in [7, 11) is -4.29. The lowest BCUT2D eigenvalue weighted by Gasteiger charge is -2.40. The molecule has 40 heavy (non-hydrogen) atoms. The topological polar surface area (TPSA) is 121 Å². The summed E-state index contributed by atoms with van der Waals surface area (Å²) < 4.78 is 74.4. The summed E-state index contributed by atoms with van der Waals surface area (Å²) in [5.41, 5.74) is -1.16. The number of alkyl halides is 3. The molecule has 1 aromatic heterocycles. The van der Waals surface area contributed by atoms with Gasteiger partial charge in [0, 0.05) is 28.9 Å². The zero-order valence-electron chi connectivity index (χ0n) is 21.3. The molecule has 210 valence electrons. The van der Waals surface area contributed by atoms with Crippen molar-refractivity contribution in [1.29, 1.82) is 5.26 Å². The first kappa shape index (κ1) is 29.2. The third kappa shape index (κ3) is 5.57. The molecule has 0 atom stereocenters. The van der Waals surface area contributed by atoms with Crippen molar-refractivity contribution in [3.8, 4) is 22.9 Å². The number of benzene rings is 2. The normalized spacial score (nSPS) is 14.8. The highest BCUT2D eigenvalue weighted by Gasteiger charge is 2.39. The fraction of sp³-hybridized carbons (Fsp3) is 0.296. The molecule has 1 N–H and O–H groups in total. The zero-order chi connectivity index (χ0) is 29.5. The van der Waals surface area contributed by atoms with Crippen LogP contribution in [0.5, 0.6) is 5.75 Å². The second kappa shape index (κ2) is 10.6. The number of carboxylic acids is 1. The second-order valence-electron chi connectivity index (χ2n) is 9.72. The number of carbonyl (C=O) groups is 1. The van der Waals surface area contributed by atoms with E-state index in [4.69, 9.17) is 21.4 Å². The molecule has 0 saturated carbocycles. The molecule has 0 saturated heterocycles. The quantitative estimate of drug-likeness (QED) is 0.355. The standard InChI is InChI=1S/C27H23ClF3N3O5S/c1-26(2)9-10-34(25-20(26)4-3-5-22(25)39-11-8-24(35)36)40(37,38)17-6-7-21(28)18(13-17)19-15-33-23(27(29,30)31)12-16(19)14-32/h3-7,12-13,15H,8-11H2,1-2H3,(H,35,36). The van der Waals surface area contributed by atoms with Crippen LogP contribution in [0.1, 0.15) is 43.5 Å². The molecule has 0 bridgehead atoms. The van der Waals surface area contributed by atoms with Crippen molar-refractivity contribution in [2.45, 2.75) is 43.2 Å². The Morgan fingerprint density at radius 3 is 2.60 bits per heavy atom. The van der Waals surface area contributed by atoms with E-state index in [1.54, 1.807) is 24.3 Å². The van der Waals surface area contributed by atoms with Crippen LogP contribution >= 0.6 is 11.6 Å². The summed E-state index contributed by atoms with van der Waals surface area (Å²) in [5.74, 6) is -0.874. The number of ether oxygens (including phenoxy) is 1. The van der Waals surface area contributed by atoms with Crippen LogP contribution in [-0.2, 0) is 26.4 Å². The number of nitrogens with zero attached hydrogens (tertiary/aromatic N) is 3. The summed E-state index contributed by atoms with van der Waals surface area (Å²) in [5, 5.41) is 18.5. The van der Waals surface area contributed by atoms with Crippen molar-refractivity contribution in [3.05, 3.63) is 70.5 Å². The van der Waals surface area contributed by atoms with Gasteiger partial charge in [-0.2, -0.15) is 18.4 Å². The number of rotatable bonds is 7. The molecular weight excluding hydrogens is 571 g/mol. The highest BCUT2D eigenvalue weighted by atomic mass is 35.5. The van der Waals surface area contributed by atoms with Crippen molar-refractivity contribution < 1.29 is 36.2 Å². The van der Waals surface area contributed by atoms with Crippen LogP contribution in [-0.4, -0.2) is 37.6 Å². The fourth-order valence-corrected chi connectivity index (χ4v) is 6.22. The first-order valence-corrected chi connectivity index (χ1v) is 13.8. The molecule has 0 spiro atoms. The van der Waals surface area contributed by atoms with E-state index >= 15 is 0 Å². The van der Waals surface area contributed by atoms with Gasteiger partial charge in [0.25, 0.3) is 10.0 Å². The van der Waals surface area contributed by atoms with Gasteiger partial charge in [-0.3, -0.25) is 14.1 Å². The lowest BCUT2D eigenvalue weighted by molar-refractivity contribution is -0.141. The van der Waals surface area contributed by atoms with Gasteiger partial charge in [0.2, 0.25) is 0 Å². The van der Waals surface area contributed by atoms with E-state index in [-0.39, 0.29) is 57.6 Å². The second-order valence-corrected chi connectivity index (χ2v) is 12.0. The summed E-state index contributed by atoms with van der Waals surface area (Å²) in [6.45, 7) is 3.81. The van der Waals surface area contributed by atoms with E-state index in [2.05, 4.69) is 4.98 Å². The lowest BCUT2D eigenvalue weighted by atomic mass is 9.78. The van der Waals surface area contributed by atoms with Crippen LogP contribution in [0.15, 0.2) is 53.6 Å². The van der Waals surface area contributed by atoms with Gasteiger partial charge >= 0.3 is 12.1 Å². The van der Waals surface area contributed by atoms with Crippen molar-refractivity contribution in [2.24, 2.45) is 0 Å². The number of hydrogen-bond donors (Lipinski definition) is 1. The molecule has 4 rings (SSSR count). The molecule has 0 amide bonds. The summed E-state index contributed by atoms with van der Waals surface area (Å²) in [4.78, 5) is 14.2. The van der Waals surface area contributed by atoms with E-state index in [9.17, 15) is 31.6 Å². The summed E-state index contributed by atoms with van der Waals surface area (Å²) >= 11 is 6.32. The number of para-hydroxylation sites is 1. The number of pyridine rings is 1. The number of halogens is 4. The molecule has 0 aliphatic carbocycles. The number of aliphatic carboxylic acids is 1. The van der Waals surface area contributed by atoms with Gasteiger partial charge in [-0.1, -0.05) is 37.6 Å². The number of fused-ring (bicyclic) bond motifs is 1. The lowest BCUT2D eigenvalue weighted by Crippen LogP contribution is -2.41. The Bertz CT molecular complexity index is 1640. The van der Waals surface area contributed by atoms with E-state index in [1.165, 1.54) is 22.5 Å². The Kier molecular flexibility index (Phi) is 7.75. The largest absolute Gasteiger partial charge is 0.491 e. The zero-order valence-corrected chi connectivity index (χ0v) is 22.9. The highest BCUT2D eigenvalue weighted by Crippen LogP contribution is 2.47. The maximum absolute atomic E-state index is 14.0. The average Bonchev–Trinajstić information content (AvgIpc) is 2.88. The SMILES string of the molecule is CC1(C)CCN(S(=O)(=O)c2ccc(Cl)c(-c3cnc(C(F)(F)F)cc3C#N)c2)c2c(OCCC(=O)O)cccc21. The Morgan fingerprint density at radius 1 is 1.23 bits per heavy atom. The van der Waals surface area contributed by atoms with Gasteiger partial charge in [0.15, 0.2) is 0 Å². The fourth-order valence-electron chi connectivity index (χ4n) is 4.47. The maximum atomic E-state index is 14.0. The van der Waals surface area contributed by atoms with Gasteiger partial charge in [-0.25, -0.2) is 8.42 Å². The van der Waals surface area contributed by atoms with Gasteiger partial charge in [-0.15, -0.1) is 0 Å². The van der Waals surface area contributed by atoms with Crippen molar-refractivity contribution in [1.82, 2.24) is 4.98 Å². The smallest absolute Gasteiger partial charge is 0.433 e. The third-order valence-electron chi connectivity index (χ3n) is 6.62. The van der Waals surface area contributed by atoms with Crippen LogP contribution in [0, 0.1) is 11.3 Å². The number of carboxylic acid groups (broad SMARTS) is 1. The minimum absolute atomic E-state index is 0.00915. The van der Waals surface area contributed by atoms with Gasteiger partial charge < -0.3 is 9.84 Å². The Balaban J connectivity index is 1.83. The monoisotopic (exact) mass is 593 g/mol. The Labute approximate surface area is 233 Å². The Morgan fingerprint density at radius 2 is 1.95 bits per heavy atom. The number of aromatic nitrogens is 1. The molecule has 0 radical (unpaired) electrons. The van der Waals surface area contributed by atoms with Gasteiger partial charge in [0.1, 0.15) is 11.4 Å². The number of anilines is 1. The van der Waals surface area contributed by atoms with Crippen molar-refractivity contribution >= 4 is 33.3 Å². The molecule has 8 nitrogen and oxygen atoms in total. The average molecular weight is 594 g/mol. The molecule has 3 aromatic rings.